The molecule has 17 heavy (non-hydrogen) atoms. The van der Waals surface area contributed by atoms with Gasteiger partial charge in [-0.15, -0.1) is 0 Å². The van der Waals surface area contributed by atoms with Crippen LogP contribution in [0.1, 0.15) is 31.7 Å². The highest BCUT2D eigenvalue weighted by molar-refractivity contribution is 5.13. The average molecular weight is 238 g/mol. The standard InChI is InChI=1S/C13H22N2O2/c1-4-11-7-12(15(3)14-11)8-13(2,16)10-5-6-17-9-10/h7,10,16H,4-6,8-9H2,1-3H3. The van der Waals surface area contributed by atoms with Crippen LogP contribution in [0.15, 0.2) is 6.07 Å². The summed E-state index contributed by atoms with van der Waals surface area (Å²) in [5.41, 5.74) is 1.48. The Morgan fingerprint density at radius 1 is 1.65 bits per heavy atom. The lowest BCUT2D eigenvalue weighted by atomic mass is 9.84. The zero-order chi connectivity index (χ0) is 12.5. The Hall–Kier alpha value is -0.870. The lowest BCUT2D eigenvalue weighted by molar-refractivity contribution is -0.00597. The first kappa shape index (κ1) is 12.6. The van der Waals surface area contributed by atoms with E-state index in [4.69, 9.17) is 4.74 Å². The van der Waals surface area contributed by atoms with Crippen molar-refractivity contribution in [3.63, 3.8) is 0 Å². The van der Waals surface area contributed by atoms with Crippen molar-refractivity contribution in [2.75, 3.05) is 13.2 Å². The summed E-state index contributed by atoms with van der Waals surface area (Å²) in [5.74, 6) is 0.238. The molecule has 0 amide bonds. The van der Waals surface area contributed by atoms with Crippen LogP contribution in [0.5, 0.6) is 0 Å². The molecule has 2 heterocycles. The summed E-state index contributed by atoms with van der Waals surface area (Å²) in [7, 11) is 1.94. The van der Waals surface area contributed by atoms with Crippen molar-refractivity contribution >= 4 is 0 Å². The van der Waals surface area contributed by atoms with E-state index >= 15 is 0 Å². The quantitative estimate of drug-likeness (QED) is 0.860. The fraction of sp³-hybridized carbons (Fsp3) is 0.769. The molecule has 96 valence electrons. The number of nitrogens with zero attached hydrogens (tertiary/aromatic N) is 2. The summed E-state index contributed by atoms with van der Waals surface area (Å²) in [4.78, 5) is 0. The monoisotopic (exact) mass is 238 g/mol. The molecule has 1 aromatic heterocycles. The van der Waals surface area contributed by atoms with Crippen LogP contribution in [0.3, 0.4) is 0 Å². The molecule has 1 saturated heterocycles. The maximum absolute atomic E-state index is 10.6. The first-order valence-corrected chi connectivity index (χ1v) is 6.35. The van der Waals surface area contributed by atoms with Crippen LogP contribution in [-0.2, 0) is 24.6 Å². The van der Waals surface area contributed by atoms with Crippen molar-refractivity contribution in [2.45, 2.75) is 38.7 Å². The van der Waals surface area contributed by atoms with E-state index in [0.29, 0.717) is 13.0 Å². The minimum atomic E-state index is -0.699. The molecule has 1 N–H and O–H groups in total. The van der Waals surface area contributed by atoms with Gasteiger partial charge in [-0.2, -0.15) is 5.10 Å². The van der Waals surface area contributed by atoms with Crippen molar-refractivity contribution in [3.8, 4) is 0 Å². The Labute approximate surface area is 103 Å². The highest BCUT2D eigenvalue weighted by atomic mass is 16.5. The molecule has 1 aliphatic rings. The second-order valence-corrected chi connectivity index (χ2v) is 5.20. The van der Waals surface area contributed by atoms with Gasteiger partial charge in [-0.05, 0) is 25.8 Å². The van der Waals surface area contributed by atoms with Crippen LogP contribution in [0.2, 0.25) is 0 Å². The number of hydrogen-bond acceptors (Lipinski definition) is 3. The third kappa shape index (κ3) is 2.69. The summed E-state index contributed by atoms with van der Waals surface area (Å²) in [6.07, 6.45) is 2.53. The number of aromatic nitrogens is 2. The fourth-order valence-corrected chi connectivity index (χ4v) is 2.45. The number of rotatable bonds is 4. The molecule has 0 aromatic carbocycles. The molecule has 0 spiro atoms. The number of aliphatic hydroxyl groups is 1. The van der Waals surface area contributed by atoms with Crippen molar-refractivity contribution in [1.29, 1.82) is 0 Å². The van der Waals surface area contributed by atoms with Crippen LogP contribution < -0.4 is 0 Å². The van der Waals surface area contributed by atoms with Crippen molar-refractivity contribution in [1.82, 2.24) is 9.78 Å². The highest BCUT2D eigenvalue weighted by Gasteiger charge is 2.35. The van der Waals surface area contributed by atoms with Gasteiger partial charge in [-0.25, -0.2) is 0 Å². The van der Waals surface area contributed by atoms with Gasteiger partial charge in [0.15, 0.2) is 0 Å². The third-order valence-electron chi connectivity index (χ3n) is 3.74. The number of hydrogen-bond donors (Lipinski definition) is 1. The molecule has 0 radical (unpaired) electrons. The largest absolute Gasteiger partial charge is 0.389 e. The minimum Gasteiger partial charge on any atom is -0.389 e. The molecule has 2 atom stereocenters. The number of ether oxygens (including phenoxy) is 1. The van der Waals surface area contributed by atoms with Crippen molar-refractivity contribution in [3.05, 3.63) is 17.5 Å². The molecule has 4 heteroatoms. The molecule has 2 unspecified atom stereocenters. The van der Waals surface area contributed by atoms with E-state index in [1.54, 1.807) is 0 Å². The SMILES string of the molecule is CCc1cc(CC(C)(O)C2CCOC2)n(C)n1. The first-order chi connectivity index (χ1) is 8.03. The van der Waals surface area contributed by atoms with Crippen molar-refractivity contribution in [2.24, 2.45) is 13.0 Å². The van der Waals surface area contributed by atoms with Crippen LogP contribution in [-0.4, -0.2) is 33.7 Å². The van der Waals surface area contributed by atoms with Gasteiger partial charge in [0.2, 0.25) is 0 Å². The molecule has 1 aromatic rings. The molecular formula is C13H22N2O2. The van der Waals surface area contributed by atoms with Crippen LogP contribution in [0, 0.1) is 5.92 Å². The summed E-state index contributed by atoms with van der Waals surface area (Å²) in [5, 5.41) is 15.0. The zero-order valence-electron chi connectivity index (χ0n) is 10.9. The van der Waals surface area contributed by atoms with Gasteiger partial charge in [-0.1, -0.05) is 6.92 Å². The van der Waals surface area contributed by atoms with Gasteiger partial charge in [-0.3, -0.25) is 4.68 Å². The van der Waals surface area contributed by atoms with E-state index in [1.165, 1.54) is 0 Å². The average Bonchev–Trinajstić information content (AvgIpc) is 2.88. The number of aryl methyl sites for hydroxylation is 2. The smallest absolute Gasteiger partial charge is 0.0725 e. The predicted octanol–water partition coefficient (Wildman–Crippen LogP) is 1.31. The molecule has 0 aliphatic carbocycles. The normalized spacial score (nSPS) is 23.9. The molecule has 1 fully saturated rings. The molecule has 0 bridgehead atoms. The van der Waals surface area contributed by atoms with E-state index in [1.807, 2.05) is 18.7 Å². The first-order valence-electron chi connectivity index (χ1n) is 6.35. The summed E-state index contributed by atoms with van der Waals surface area (Å²) >= 11 is 0. The van der Waals surface area contributed by atoms with E-state index in [2.05, 4.69) is 18.1 Å². The van der Waals surface area contributed by atoms with Crippen LogP contribution in [0.25, 0.3) is 0 Å². The van der Waals surface area contributed by atoms with E-state index in [0.717, 1.165) is 30.8 Å². The van der Waals surface area contributed by atoms with Gasteiger partial charge < -0.3 is 9.84 Å². The third-order valence-corrected chi connectivity index (χ3v) is 3.74. The minimum absolute atomic E-state index is 0.238. The Morgan fingerprint density at radius 2 is 2.41 bits per heavy atom. The highest BCUT2D eigenvalue weighted by Crippen LogP contribution is 2.29. The Bertz CT molecular complexity index is 379. The molecule has 2 rings (SSSR count). The van der Waals surface area contributed by atoms with Crippen molar-refractivity contribution < 1.29 is 9.84 Å². The Kier molecular flexibility index (Phi) is 3.54. The summed E-state index contributed by atoms with van der Waals surface area (Å²) in [6.45, 7) is 5.44. The second-order valence-electron chi connectivity index (χ2n) is 5.20. The van der Waals surface area contributed by atoms with E-state index in [-0.39, 0.29) is 5.92 Å². The van der Waals surface area contributed by atoms with Gasteiger partial charge >= 0.3 is 0 Å². The lowest BCUT2D eigenvalue weighted by Gasteiger charge is -2.28. The fourth-order valence-electron chi connectivity index (χ4n) is 2.45. The zero-order valence-corrected chi connectivity index (χ0v) is 10.9. The molecule has 0 saturated carbocycles. The van der Waals surface area contributed by atoms with E-state index in [9.17, 15) is 5.11 Å². The van der Waals surface area contributed by atoms with Gasteiger partial charge in [0, 0.05) is 31.7 Å². The lowest BCUT2D eigenvalue weighted by Crippen LogP contribution is -2.37. The predicted molar refractivity (Wildman–Crippen MR) is 65.8 cm³/mol. The maximum Gasteiger partial charge on any atom is 0.0725 e. The topological polar surface area (TPSA) is 47.3 Å². The van der Waals surface area contributed by atoms with Crippen LogP contribution in [0.4, 0.5) is 0 Å². The van der Waals surface area contributed by atoms with Gasteiger partial charge in [0.25, 0.3) is 0 Å². The summed E-state index contributed by atoms with van der Waals surface area (Å²) < 4.78 is 7.23. The second kappa shape index (κ2) is 4.78. The molecule has 4 nitrogen and oxygen atoms in total. The Balaban J connectivity index is 2.10. The van der Waals surface area contributed by atoms with E-state index < -0.39 is 5.60 Å². The summed E-state index contributed by atoms with van der Waals surface area (Å²) in [6, 6.07) is 2.09. The van der Waals surface area contributed by atoms with Gasteiger partial charge in [0.05, 0.1) is 17.9 Å². The Morgan fingerprint density at radius 3 is 2.94 bits per heavy atom. The van der Waals surface area contributed by atoms with Gasteiger partial charge in [0.1, 0.15) is 0 Å². The van der Waals surface area contributed by atoms with Crippen LogP contribution >= 0.6 is 0 Å². The molecular weight excluding hydrogens is 216 g/mol. The maximum atomic E-state index is 10.6. The molecule has 1 aliphatic heterocycles.